The first kappa shape index (κ1) is 27.5. The van der Waals surface area contributed by atoms with E-state index in [9.17, 15) is 0 Å². The van der Waals surface area contributed by atoms with E-state index in [1.807, 2.05) is 11.3 Å². The summed E-state index contributed by atoms with van der Waals surface area (Å²) in [7, 11) is 0. The van der Waals surface area contributed by atoms with E-state index in [4.69, 9.17) is 9.97 Å². The molecule has 0 bridgehead atoms. The number of aryl methyl sites for hydroxylation is 1. The Morgan fingerprint density at radius 3 is 2.25 bits per heavy atom. The largest absolute Gasteiger partial charge is 0.282 e. The molecule has 0 atom stereocenters. The summed E-state index contributed by atoms with van der Waals surface area (Å²) in [4.78, 5) is 12.1. The topological polar surface area (TPSA) is 30.7 Å². The fourth-order valence-corrected chi connectivity index (χ4v) is 9.08. The fraction of sp³-hybridized carbons (Fsp3) is 0.0909. The van der Waals surface area contributed by atoms with Crippen LogP contribution in [0.3, 0.4) is 0 Å². The summed E-state index contributed by atoms with van der Waals surface area (Å²) in [6, 6.07) is 43.9. The molecule has 0 radical (unpaired) electrons. The quantitative estimate of drug-likeness (QED) is 0.193. The van der Waals surface area contributed by atoms with Gasteiger partial charge in [-0.05, 0) is 88.7 Å². The Kier molecular flexibility index (Phi) is 6.31. The lowest BCUT2D eigenvalue weighted by Gasteiger charge is -2.18. The van der Waals surface area contributed by atoms with Crippen LogP contribution in [0.2, 0.25) is 0 Å². The van der Waals surface area contributed by atoms with E-state index in [1.54, 1.807) is 0 Å². The highest BCUT2D eigenvalue weighted by Crippen LogP contribution is 2.49. The van der Waals surface area contributed by atoms with Crippen molar-refractivity contribution in [2.24, 2.45) is 0 Å². The summed E-state index contributed by atoms with van der Waals surface area (Å²) in [6.45, 7) is 0. The molecule has 0 unspecified atom stereocenters. The number of benzene rings is 5. The van der Waals surface area contributed by atoms with Crippen molar-refractivity contribution in [1.82, 2.24) is 14.5 Å². The number of allylic oxidation sites excluding steroid dienone is 4. The first-order chi connectivity index (χ1) is 23.8. The van der Waals surface area contributed by atoms with Gasteiger partial charge < -0.3 is 0 Å². The predicted octanol–water partition coefficient (Wildman–Crippen LogP) is 11.6. The Labute approximate surface area is 283 Å². The van der Waals surface area contributed by atoms with Crippen LogP contribution >= 0.6 is 11.3 Å². The van der Waals surface area contributed by atoms with E-state index >= 15 is 0 Å². The Bertz CT molecular complexity index is 2620. The van der Waals surface area contributed by atoms with Gasteiger partial charge in [0, 0.05) is 31.6 Å². The molecule has 5 aromatic carbocycles. The van der Waals surface area contributed by atoms with Gasteiger partial charge in [0.25, 0.3) is 0 Å². The van der Waals surface area contributed by atoms with E-state index in [2.05, 4.69) is 144 Å². The average Bonchev–Trinajstić information content (AvgIpc) is 3.70. The van der Waals surface area contributed by atoms with Crippen molar-refractivity contribution in [3.8, 4) is 38.6 Å². The van der Waals surface area contributed by atoms with Crippen LogP contribution in [0.25, 0.3) is 76.1 Å². The first-order valence-corrected chi connectivity index (χ1v) is 17.6. The molecule has 0 N–H and O–H groups in total. The zero-order chi connectivity index (χ0) is 31.6. The van der Waals surface area contributed by atoms with Crippen molar-refractivity contribution in [2.45, 2.75) is 25.7 Å². The second-order valence-electron chi connectivity index (χ2n) is 12.8. The van der Waals surface area contributed by atoms with Crippen LogP contribution in [-0.4, -0.2) is 14.5 Å². The second kappa shape index (κ2) is 11.0. The van der Waals surface area contributed by atoms with Crippen LogP contribution in [0.15, 0.2) is 140 Å². The lowest BCUT2D eigenvalue weighted by Crippen LogP contribution is -2.11. The fourth-order valence-electron chi connectivity index (χ4n) is 7.75. The summed E-state index contributed by atoms with van der Waals surface area (Å²) in [5.74, 6) is 0.755. The van der Waals surface area contributed by atoms with Gasteiger partial charge in [-0.3, -0.25) is 4.57 Å². The van der Waals surface area contributed by atoms with E-state index < -0.39 is 0 Å². The Hall–Kier alpha value is -5.58. The molecule has 2 aliphatic rings. The van der Waals surface area contributed by atoms with Crippen molar-refractivity contribution in [1.29, 1.82) is 0 Å². The molecule has 3 nitrogen and oxygen atoms in total. The molecule has 0 saturated carbocycles. The third-order valence-electron chi connectivity index (χ3n) is 10.0. The van der Waals surface area contributed by atoms with Crippen LogP contribution in [0, 0.1) is 0 Å². The minimum Gasteiger partial charge on any atom is -0.282 e. The van der Waals surface area contributed by atoms with Gasteiger partial charge in [0.05, 0.1) is 16.7 Å². The van der Waals surface area contributed by atoms with Gasteiger partial charge in [-0.25, -0.2) is 9.97 Å². The summed E-state index contributed by atoms with van der Waals surface area (Å²) in [5.41, 5.74) is 13.4. The molecule has 0 amide bonds. The molecule has 0 aliphatic heterocycles. The van der Waals surface area contributed by atoms with Gasteiger partial charge in [0.2, 0.25) is 5.95 Å². The number of hydrogen-bond acceptors (Lipinski definition) is 3. The Morgan fingerprint density at radius 2 is 1.38 bits per heavy atom. The van der Waals surface area contributed by atoms with Crippen molar-refractivity contribution < 1.29 is 0 Å². The van der Waals surface area contributed by atoms with Gasteiger partial charge in [0.15, 0.2) is 0 Å². The van der Waals surface area contributed by atoms with Crippen LogP contribution in [0.1, 0.15) is 29.8 Å². The third-order valence-corrected chi connectivity index (χ3v) is 11.2. The van der Waals surface area contributed by atoms with Gasteiger partial charge in [-0.2, -0.15) is 0 Å². The minimum atomic E-state index is 0.755. The highest BCUT2D eigenvalue weighted by molar-refractivity contribution is 7.22. The van der Waals surface area contributed by atoms with E-state index in [0.29, 0.717) is 0 Å². The van der Waals surface area contributed by atoms with Gasteiger partial charge in [0.1, 0.15) is 0 Å². The number of thiophene rings is 1. The molecule has 10 rings (SSSR count). The lowest BCUT2D eigenvalue weighted by molar-refractivity contribution is 0.840. The predicted molar refractivity (Wildman–Crippen MR) is 202 cm³/mol. The molecule has 3 aromatic heterocycles. The summed E-state index contributed by atoms with van der Waals surface area (Å²) in [5, 5.41) is 3.76. The molecular weight excluding hydrogens is 603 g/mol. The number of rotatable bonds is 4. The standard InChI is InChI=1S/C44H31N3S/c1-3-12-28(13-4-1)30-16-11-17-31(26-30)32-22-23-36-39(27-32)47(38-25-24-34-33-18-8-10-21-40(33)48-43(34)41(36)38)44-45-37-20-9-7-19-35(37)42(46-44)29-14-5-2-6-15-29/h1-5,7-14,16-23,26-27H,6,15,24-25H2. The third kappa shape index (κ3) is 4.33. The zero-order valence-electron chi connectivity index (χ0n) is 26.4. The van der Waals surface area contributed by atoms with Gasteiger partial charge in [-0.1, -0.05) is 115 Å². The van der Waals surface area contributed by atoms with Crippen LogP contribution < -0.4 is 0 Å². The maximum absolute atomic E-state index is 5.43. The van der Waals surface area contributed by atoms with Crippen LogP contribution in [0.5, 0.6) is 0 Å². The maximum Gasteiger partial charge on any atom is 0.235 e. The zero-order valence-corrected chi connectivity index (χ0v) is 27.2. The molecule has 8 aromatic rings. The number of hydrogen-bond donors (Lipinski definition) is 0. The van der Waals surface area contributed by atoms with E-state index in [1.165, 1.54) is 65.0 Å². The molecule has 4 heteroatoms. The normalized spacial score (nSPS) is 14.0. The van der Waals surface area contributed by atoms with Crippen molar-refractivity contribution in [3.63, 3.8) is 0 Å². The average molecular weight is 634 g/mol. The molecule has 48 heavy (non-hydrogen) atoms. The highest BCUT2D eigenvalue weighted by atomic mass is 32.1. The Balaban J connectivity index is 1.25. The van der Waals surface area contributed by atoms with Crippen molar-refractivity contribution >= 4 is 48.8 Å². The van der Waals surface area contributed by atoms with Crippen molar-refractivity contribution in [2.75, 3.05) is 0 Å². The van der Waals surface area contributed by atoms with E-state index in [0.717, 1.165) is 53.7 Å². The SMILES string of the molecule is C1=CCCC(c2nc(-n3c4c(c5ccc(-c6cccc(-c7ccccc7)c6)cc53)-c3sc5ccccc5c3CC4)nc3ccccc23)=C1. The molecule has 0 fully saturated rings. The molecule has 3 heterocycles. The second-order valence-corrected chi connectivity index (χ2v) is 13.8. The number of nitrogens with zero attached hydrogens (tertiary/aromatic N) is 3. The Morgan fingerprint density at radius 1 is 0.604 bits per heavy atom. The monoisotopic (exact) mass is 633 g/mol. The molecule has 228 valence electrons. The summed E-state index contributed by atoms with van der Waals surface area (Å²) < 4.78 is 3.74. The number of aromatic nitrogens is 3. The van der Waals surface area contributed by atoms with Crippen LogP contribution in [-0.2, 0) is 12.8 Å². The smallest absolute Gasteiger partial charge is 0.235 e. The van der Waals surface area contributed by atoms with Gasteiger partial charge in [-0.15, -0.1) is 11.3 Å². The number of para-hydroxylation sites is 1. The molecule has 2 aliphatic carbocycles. The lowest BCUT2D eigenvalue weighted by atomic mass is 9.92. The highest BCUT2D eigenvalue weighted by Gasteiger charge is 2.29. The summed E-state index contributed by atoms with van der Waals surface area (Å²) >= 11 is 1.92. The molecule has 0 spiro atoms. The first-order valence-electron chi connectivity index (χ1n) is 16.8. The van der Waals surface area contributed by atoms with Crippen molar-refractivity contribution in [3.05, 3.63) is 157 Å². The molecule has 0 saturated heterocycles. The molecular formula is C44H31N3S. The van der Waals surface area contributed by atoms with E-state index in [-0.39, 0.29) is 0 Å². The maximum atomic E-state index is 5.43. The minimum absolute atomic E-state index is 0.755. The number of fused-ring (bicyclic) bond motifs is 8. The summed E-state index contributed by atoms with van der Waals surface area (Å²) in [6.07, 6.45) is 10.6. The van der Waals surface area contributed by atoms with Gasteiger partial charge >= 0.3 is 0 Å². The van der Waals surface area contributed by atoms with Crippen LogP contribution in [0.4, 0.5) is 0 Å².